The summed E-state index contributed by atoms with van der Waals surface area (Å²) in [6.07, 6.45) is 8.51. The predicted molar refractivity (Wildman–Crippen MR) is 59.1 cm³/mol. The van der Waals surface area contributed by atoms with Gasteiger partial charge in [-0.25, -0.2) is 4.79 Å². The van der Waals surface area contributed by atoms with Gasteiger partial charge in [0.05, 0.1) is 7.11 Å². The van der Waals surface area contributed by atoms with Crippen molar-refractivity contribution >= 4 is 5.97 Å². The Hall–Kier alpha value is -0.790. The first-order valence-electron chi connectivity index (χ1n) is 5.53. The van der Waals surface area contributed by atoms with Crippen molar-refractivity contribution in [1.29, 1.82) is 0 Å². The zero-order valence-electron chi connectivity index (χ0n) is 9.64. The number of hydrogen-bond donors (Lipinski definition) is 0. The zero-order chi connectivity index (χ0) is 10.8. The second kappa shape index (κ2) is 8.79. The van der Waals surface area contributed by atoms with Crippen LogP contribution in [0.25, 0.3) is 0 Å². The molecule has 0 aromatic rings. The van der Waals surface area contributed by atoms with E-state index < -0.39 is 0 Å². The fourth-order valence-corrected chi connectivity index (χ4v) is 1.41. The minimum Gasteiger partial charge on any atom is -0.466 e. The molecule has 0 radical (unpaired) electrons. The number of methoxy groups -OCH3 is 1. The molecule has 0 aromatic heterocycles. The van der Waals surface area contributed by atoms with Gasteiger partial charge in [0.1, 0.15) is 0 Å². The highest BCUT2D eigenvalue weighted by Gasteiger charge is 2.07. The van der Waals surface area contributed by atoms with Gasteiger partial charge in [-0.15, -0.1) is 0 Å². The van der Waals surface area contributed by atoms with Gasteiger partial charge >= 0.3 is 5.97 Å². The molecule has 0 rings (SSSR count). The van der Waals surface area contributed by atoms with E-state index in [0.29, 0.717) is 0 Å². The first kappa shape index (κ1) is 13.2. The molecule has 14 heavy (non-hydrogen) atoms. The van der Waals surface area contributed by atoms with E-state index in [1.807, 2.05) is 13.0 Å². The molecule has 0 bridgehead atoms. The quantitative estimate of drug-likeness (QED) is 0.356. The van der Waals surface area contributed by atoms with Crippen LogP contribution in [-0.2, 0) is 9.53 Å². The first-order chi connectivity index (χ1) is 6.76. The molecule has 0 heterocycles. The molecular formula is C12H22O2. The normalized spacial score (nSPS) is 11.5. The average Bonchev–Trinajstić information content (AvgIpc) is 2.21. The molecule has 0 unspecified atom stereocenters. The molecule has 2 heteroatoms. The summed E-state index contributed by atoms with van der Waals surface area (Å²) in [5.74, 6) is -0.164. The number of rotatable bonds is 7. The molecule has 2 nitrogen and oxygen atoms in total. The van der Waals surface area contributed by atoms with Crippen molar-refractivity contribution in [2.75, 3.05) is 7.11 Å². The Bertz CT molecular complexity index is 183. The lowest BCUT2D eigenvalue weighted by Gasteiger charge is -2.04. The van der Waals surface area contributed by atoms with E-state index in [0.717, 1.165) is 24.8 Å². The zero-order valence-corrected chi connectivity index (χ0v) is 9.64. The van der Waals surface area contributed by atoms with Crippen molar-refractivity contribution in [2.24, 2.45) is 0 Å². The Balaban J connectivity index is 3.86. The van der Waals surface area contributed by atoms with Gasteiger partial charge in [0.2, 0.25) is 0 Å². The Morgan fingerprint density at radius 3 is 2.43 bits per heavy atom. The lowest BCUT2D eigenvalue weighted by molar-refractivity contribution is -0.136. The number of carbonyl (C=O) groups excluding carboxylic acids is 1. The molecule has 0 aliphatic carbocycles. The summed E-state index contributed by atoms with van der Waals surface area (Å²) in [6, 6.07) is 0. The first-order valence-corrected chi connectivity index (χ1v) is 5.53. The minimum absolute atomic E-state index is 0.164. The monoisotopic (exact) mass is 198 g/mol. The van der Waals surface area contributed by atoms with Crippen LogP contribution >= 0.6 is 0 Å². The molecule has 0 aliphatic rings. The molecule has 0 saturated carbocycles. The third-order valence-corrected chi connectivity index (χ3v) is 2.20. The highest BCUT2D eigenvalue weighted by Crippen LogP contribution is 2.12. The van der Waals surface area contributed by atoms with Crippen molar-refractivity contribution in [1.82, 2.24) is 0 Å². The maximum Gasteiger partial charge on any atom is 0.333 e. The maximum absolute atomic E-state index is 11.3. The van der Waals surface area contributed by atoms with E-state index in [-0.39, 0.29) is 5.97 Å². The number of carbonyl (C=O) groups is 1. The summed E-state index contributed by atoms with van der Waals surface area (Å²) in [4.78, 5) is 11.3. The minimum atomic E-state index is -0.164. The largest absolute Gasteiger partial charge is 0.466 e. The van der Waals surface area contributed by atoms with Crippen LogP contribution < -0.4 is 0 Å². The summed E-state index contributed by atoms with van der Waals surface area (Å²) < 4.78 is 4.71. The number of ether oxygens (including phenoxy) is 1. The van der Waals surface area contributed by atoms with E-state index in [2.05, 4.69) is 6.92 Å². The lowest BCUT2D eigenvalue weighted by Crippen LogP contribution is -2.04. The molecule has 0 atom stereocenters. The number of esters is 1. The highest BCUT2D eigenvalue weighted by atomic mass is 16.5. The fourth-order valence-electron chi connectivity index (χ4n) is 1.41. The Morgan fingerprint density at radius 1 is 1.21 bits per heavy atom. The summed E-state index contributed by atoms with van der Waals surface area (Å²) in [5, 5.41) is 0. The van der Waals surface area contributed by atoms with Gasteiger partial charge in [0, 0.05) is 5.57 Å². The highest BCUT2D eigenvalue weighted by molar-refractivity contribution is 5.88. The standard InChI is InChI=1S/C12H22O2/c1-4-6-7-8-10-11(9-5-2)12(13)14-3/h9H,4-8,10H2,1-3H3. The number of allylic oxidation sites excluding steroid dienone is 1. The van der Waals surface area contributed by atoms with E-state index >= 15 is 0 Å². The Labute approximate surface area is 87.3 Å². The van der Waals surface area contributed by atoms with Gasteiger partial charge in [-0.05, 0) is 19.3 Å². The molecule has 0 saturated heterocycles. The van der Waals surface area contributed by atoms with Crippen molar-refractivity contribution in [3.63, 3.8) is 0 Å². The van der Waals surface area contributed by atoms with Gasteiger partial charge in [-0.3, -0.25) is 0 Å². The number of hydrogen-bond acceptors (Lipinski definition) is 2. The van der Waals surface area contributed by atoms with E-state index in [1.54, 1.807) is 0 Å². The van der Waals surface area contributed by atoms with Crippen LogP contribution in [-0.4, -0.2) is 13.1 Å². The van der Waals surface area contributed by atoms with E-state index in [4.69, 9.17) is 4.74 Å². The Kier molecular flexibility index (Phi) is 8.30. The Morgan fingerprint density at radius 2 is 1.93 bits per heavy atom. The SMILES string of the molecule is CCC=C(CCCCCC)C(=O)OC. The lowest BCUT2D eigenvalue weighted by atomic mass is 10.1. The average molecular weight is 198 g/mol. The van der Waals surface area contributed by atoms with Gasteiger partial charge < -0.3 is 4.74 Å². The molecule has 82 valence electrons. The van der Waals surface area contributed by atoms with Crippen molar-refractivity contribution < 1.29 is 9.53 Å². The molecule has 0 amide bonds. The number of unbranched alkanes of at least 4 members (excludes halogenated alkanes) is 3. The third-order valence-electron chi connectivity index (χ3n) is 2.20. The van der Waals surface area contributed by atoms with E-state index in [9.17, 15) is 4.79 Å². The second-order valence-corrected chi connectivity index (χ2v) is 3.44. The predicted octanol–water partition coefficient (Wildman–Crippen LogP) is 3.47. The van der Waals surface area contributed by atoms with Crippen LogP contribution in [0.4, 0.5) is 0 Å². The van der Waals surface area contributed by atoms with Gasteiger partial charge in [-0.2, -0.15) is 0 Å². The molecule has 0 spiro atoms. The summed E-state index contributed by atoms with van der Waals surface area (Å²) >= 11 is 0. The van der Waals surface area contributed by atoms with Gasteiger partial charge in [-0.1, -0.05) is 39.2 Å². The molecular weight excluding hydrogens is 176 g/mol. The molecule has 0 N–H and O–H groups in total. The van der Waals surface area contributed by atoms with Crippen LogP contribution in [0.15, 0.2) is 11.6 Å². The van der Waals surface area contributed by atoms with Crippen LogP contribution in [0.5, 0.6) is 0 Å². The third kappa shape index (κ3) is 5.79. The van der Waals surface area contributed by atoms with Crippen molar-refractivity contribution in [2.45, 2.75) is 52.4 Å². The summed E-state index contributed by atoms with van der Waals surface area (Å²) in [6.45, 7) is 4.22. The summed E-state index contributed by atoms with van der Waals surface area (Å²) in [7, 11) is 1.44. The van der Waals surface area contributed by atoms with Crippen LogP contribution in [0, 0.1) is 0 Å². The van der Waals surface area contributed by atoms with Gasteiger partial charge in [0.25, 0.3) is 0 Å². The van der Waals surface area contributed by atoms with Crippen LogP contribution in [0.2, 0.25) is 0 Å². The molecule has 0 aromatic carbocycles. The second-order valence-electron chi connectivity index (χ2n) is 3.44. The molecule has 0 fully saturated rings. The van der Waals surface area contributed by atoms with Crippen molar-refractivity contribution in [3.05, 3.63) is 11.6 Å². The topological polar surface area (TPSA) is 26.3 Å². The van der Waals surface area contributed by atoms with E-state index in [1.165, 1.54) is 26.4 Å². The maximum atomic E-state index is 11.3. The van der Waals surface area contributed by atoms with Gasteiger partial charge in [0.15, 0.2) is 0 Å². The fraction of sp³-hybridized carbons (Fsp3) is 0.750. The summed E-state index contributed by atoms with van der Waals surface area (Å²) in [5.41, 5.74) is 0.839. The van der Waals surface area contributed by atoms with Crippen molar-refractivity contribution in [3.8, 4) is 0 Å². The van der Waals surface area contributed by atoms with Crippen LogP contribution in [0.3, 0.4) is 0 Å². The smallest absolute Gasteiger partial charge is 0.333 e. The van der Waals surface area contributed by atoms with Crippen LogP contribution in [0.1, 0.15) is 52.4 Å². The molecule has 0 aliphatic heterocycles.